The maximum absolute atomic E-state index is 11.5. The maximum Gasteiger partial charge on any atom is 0.282 e. The van der Waals surface area contributed by atoms with Gasteiger partial charge in [-0.2, -0.15) is 0 Å². The van der Waals surface area contributed by atoms with E-state index in [9.17, 15) is 10.1 Å². The Hall–Kier alpha value is -3.32. The summed E-state index contributed by atoms with van der Waals surface area (Å²) in [5.41, 5.74) is 4.10. The molecule has 0 saturated carbocycles. The normalized spacial score (nSPS) is 12.0. The van der Waals surface area contributed by atoms with E-state index in [4.69, 9.17) is 0 Å². The predicted molar refractivity (Wildman–Crippen MR) is 122 cm³/mol. The molecule has 0 amide bonds. The van der Waals surface area contributed by atoms with E-state index in [1.165, 1.54) is 11.8 Å². The Morgan fingerprint density at radius 2 is 2.00 bits per heavy atom. The number of nitro groups is 1. The number of nitrogens with zero attached hydrogens (tertiary/aromatic N) is 2. The fourth-order valence-corrected chi connectivity index (χ4v) is 4.65. The molecule has 1 atom stereocenters. The number of rotatable bonds is 8. The van der Waals surface area contributed by atoms with Gasteiger partial charge in [0, 0.05) is 41.6 Å². The Labute approximate surface area is 178 Å². The van der Waals surface area contributed by atoms with Gasteiger partial charge in [0.25, 0.3) is 5.69 Å². The van der Waals surface area contributed by atoms with Crippen LogP contribution in [0.5, 0.6) is 0 Å². The number of hydrogen-bond donors (Lipinski definition) is 2. The molecule has 4 aromatic rings. The Morgan fingerprint density at radius 3 is 2.77 bits per heavy atom. The minimum absolute atomic E-state index is 0.106. The third-order valence-corrected chi connectivity index (χ3v) is 6.17. The molecule has 2 aromatic heterocycles. The standard InChI is InChI=1S/C23H22N4O2S/c1-2-12-24-16-10-11-17-18(15-26-20(17)14-16)23(19-7-5-6-13-25-19)30-22-9-4-3-8-21(22)27(28)29/h3-11,13-15,23-24,26H,2,12H2,1H3. The number of nitro benzene ring substituents is 1. The lowest BCUT2D eigenvalue weighted by atomic mass is 10.1. The van der Waals surface area contributed by atoms with E-state index < -0.39 is 0 Å². The van der Waals surface area contributed by atoms with Crippen molar-refractivity contribution in [3.05, 3.63) is 94.4 Å². The Balaban J connectivity index is 1.77. The van der Waals surface area contributed by atoms with E-state index in [2.05, 4.69) is 40.4 Å². The highest BCUT2D eigenvalue weighted by molar-refractivity contribution is 7.99. The number of thioether (sulfide) groups is 1. The highest BCUT2D eigenvalue weighted by Gasteiger charge is 2.24. The van der Waals surface area contributed by atoms with Crippen molar-refractivity contribution in [3.8, 4) is 0 Å². The van der Waals surface area contributed by atoms with Crippen molar-refractivity contribution >= 4 is 34.0 Å². The molecular weight excluding hydrogens is 396 g/mol. The lowest BCUT2D eigenvalue weighted by Crippen LogP contribution is -2.01. The van der Waals surface area contributed by atoms with E-state index in [1.807, 2.05) is 30.5 Å². The quantitative estimate of drug-likeness (QED) is 0.203. The monoisotopic (exact) mass is 418 g/mol. The largest absolute Gasteiger partial charge is 0.385 e. The van der Waals surface area contributed by atoms with Gasteiger partial charge in [-0.15, -0.1) is 11.8 Å². The number of fused-ring (bicyclic) bond motifs is 1. The van der Waals surface area contributed by atoms with Crippen molar-refractivity contribution in [3.63, 3.8) is 0 Å². The van der Waals surface area contributed by atoms with Crippen molar-refractivity contribution in [1.29, 1.82) is 0 Å². The Kier molecular flexibility index (Phi) is 5.99. The topological polar surface area (TPSA) is 83.8 Å². The second-order valence-corrected chi connectivity index (χ2v) is 8.06. The molecule has 30 heavy (non-hydrogen) atoms. The van der Waals surface area contributed by atoms with Crippen molar-refractivity contribution in [2.75, 3.05) is 11.9 Å². The highest BCUT2D eigenvalue weighted by atomic mass is 32.2. The van der Waals surface area contributed by atoms with Crippen LogP contribution in [0.1, 0.15) is 29.9 Å². The number of para-hydroxylation sites is 1. The Morgan fingerprint density at radius 1 is 1.17 bits per heavy atom. The third kappa shape index (κ3) is 4.16. The van der Waals surface area contributed by atoms with Crippen LogP contribution in [-0.4, -0.2) is 21.4 Å². The molecule has 6 nitrogen and oxygen atoms in total. The van der Waals surface area contributed by atoms with Crippen molar-refractivity contribution in [2.45, 2.75) is 23.5 Å². The summed E-state index contributed by atoms with van der Waals surface area (Å²) in [5, 5.41) is 15.8. The summed E-state index contributed by atoms with van der Waals surface area (Å²) < 4.78 is 0. The van der Waals surface area contributed by atoms with Gasteiger partial charge in [0.15, 0.2) is 0 Å². The molecule has 4 rings (SSSR count). The fraction of sp³-hybridized carbons (Fsp3) is 0.174. The number of pyridine rings is 1. The van der Waals surface area contributed by atoms with Crippen molar-refractivity contribution in [1.82, 2.24) is 9.97 Å². The fourth-order valence-electron chi connectivity index (χ4n) is 3.39. The van der Waals surface area contributed by atoms with Crippen LogP contribution in [0.15, 0.2) is 78.0 Å². The van der Waals surface area contributed by atoms with Gasteiger partial charge < -0.3 is 10.3 Å². The zero-order valence-corrected chi connectivity index (χ0v) is 17.4. The van der Waals surface area contributed by atoms with E-state index in [-0.39, 0.29) is 15.9 Å². The van der Waals surface area contributed by atoms with Gasteiger partial charge in [0.05, 0.1) is 20.8 Å². The molecule has 0 aliphatic heterocycles. The zero-order valence-electron chi connectivity index (χ0n) is 16.5. The van der Waals surface area contributed by atoms with Gasteiger partial charge in [-0.25, -0.2) is 0 Å². The van der Waals surface area contributed by atoms with Crippen LogP contribution in [0.25, 0.3) is 10.9 Å². The molecule has 2 N–H and O–H groups in total. The summed E-state index contributed by atoms with van der Waals surface area (Å²) in [5.74, 6) is 0. The molecule has 0 bridgehead atoms. The van der Waals surface area contributed by atoms with Crippen LogP contribution in [0.3, 0.4) is 0 Å². The SMILES string of the molecule is CCCNc1ccc2c(C(Sc3ccccc3[N+](=O)[O-])c3ccccn3)c[nH]c2c1. The van der Waals surface area contributed by atoms with Crippen LogP contribution in [0.4, 0.5) is 11.4 Å². The molecule has 0 aliphatic rings. The number of H-pyrrole nitrogens is 1. The number of aromatic amines is 1. The minimum atomic E-state index is -0.335. The van der Waals surface area contributed by atoms with Crippen LogP contribution >= 0.6 is 11.8 Å². The van der Waals surface area contributed by atoms with Gasteiger partial charge in [-0.1, -0.05) is 31.2 Å². The number of anilines is 1. The predicted octanol–water partition coefficient (Wildman–Crippen LogP) is 6.17. The molecule has 0 aliphatic carbocycles. The average molecular weight is 419 g/mol. The number of nitrogens with one attached hydrogen (secondary N) is 2. The van der Waals surface area contributed by atoms with Gasteiger partial charge in [-0.3, -0.25) is 15.1 Å². The van der Waals surface area contributed by atoms with Gasteiger partial charge in [0.2, 0.25) is 0 Å². The molecule has 0 spiro atoms. The van der Waals surface area contributed by atoms with Crippen molar-refractivity contribution in [2.24, 2.45) is 0 Å². The third-order valence-electron chi connectivity index (χ3n) is 4.84. The van der Waals surface area contributed by atoms with E-state index in [1.54, 1.807) is 24.4 Å². The first-order chi connectivity index (χ1) is 14.7. The van der Waals surface area contributed by atoms with E-state index in [0.717, 1.165) is 40.8 Å². The summed E-state index contributed by atoms with van der Waals surface area (Å²) in [6.07, 6.45) is 4.79. The Bertz CT molecular complexity index is 1160. The molecule has 0 fully saturated rings. The summed E-state index contributed by atoms with van der Waals surface area (Å²) in [6.45, 7) is 3.05. The first-order valence-electron chi connectivity index (χ1n) is 9.83. The number of hydrogen-bond acceptors (Lipinski definition) is 5. The number of aromatic nitrogens is 2. The molecular formula is C23H22N4O2S. The van der Waals surface area contributed by atoms with Crippen LogP contribution in [0.2, 0.25) is 0 Å². The highest BCUT2D eigenvalue weighted by Crippen LogP contribution is 2.45. The van der Waals surface area contributed by atoms with Gasteiger partial charge in [-0.05, 0) is 42.3 Å². The summed E-state index contributed by atoms with van der Waals surface area (Å²) in [4.78, 5) is 19.7. The van der Waals surface area contributed by atoms with Gasteiger partial charge >= 0.3 is 0 Å². The molecule has 2 aromatic carbocycles. The van der Waals surface area contributed by atoms with Crippen LogP contribution in [0, 0.1) is 10.1 Å². The first kappa shape index (κ1) is 20.0. The molecule has 0 saturated heterocycles. The molecule has 7 heteroatoms. The molecule has 152 valence electrons. The van der Waals surface area contributed by atoms with E-state index in [0.29, 0.717) is 4.90 Å². The lowest BCUT2D eigenvalue weighted by Gasteiger charge is -2.16. The van der Waals surface area contributed by atoms with Gasteiger partial charge in [0.1, 0.15) is 0 Å². The summed E-state index contributed by atoms with van der Waals surface area (Å²) in [6, 6.07) is 18.9. The first-order valence-corrected chi connectivity index (χ1v) is 10.7. The molecule has 1 unspecified atom stereocenters. The molecule has 0 radical (unpaired) electrons. The van der Waals surface area contributed by atoms with Crippen LogP contribution in [-0.2, 0) is 0 Å². The lowest BCUT2D eigenvalue weighted by molar-refractivity contribution is -0.387. The van der Waals surface area contributed by atoms with Crippen LogP contribution < -0.4 is 5.32 Å². The smallest absolute Gasteiger partial charge is 0.282 e. The minimum Gasteiger partial charge on any atom is -0.385 e. The zero-order chi connectivity index (χ0) is 20.9. The van der Waals surface area contributed by atoms with Crippen molar-refractivity contribution < 1.29 is 4.92 Å². The van der Waals surface area contributed by atoms with E-state index >= 15 is 0 Å². The maximum atomic E-state index is 11.5. The summed E-state index contributed by atoms with van der Waals surface area (Å²) in [7, 11) is 0. The molecule has 2 heterocycles. The average Bonchev–Trinajstić information content (AvgIpc) is 3.19. The second-order valence-electron chi connectivity index (χ2n) is 6.91. The summed E-state index contributed by atoms with van der Waals surface area (Å²) >= 11 is 1.45. The second kappa shape index (κ2) is 9.00. The number of benzene rings is 2.